The van der Waals surface area contributed by atoms with Crippen molar-refractivity contribution in [3.63, 3.8) is 0 Å². The minimum Gasteiger partial charge on any atom is -0.450 e. The molecule has 0 radical (unpaired) electrons. The molecule has 0 aromatic carbocycles. The summed E-state index contributed by atoms with van der Waals surface area (Å²) in [4.78, 5) is 103. The first kappa shape index (κ1) is 78.1. The molecule has 0 saturated carbocycles. The largest absolute Gasteiger partial charge is 0.505 e. The van der Waals surface area contributed by atoms with Crippen LogP contribution < -0.4 is 0 Å². The number of hydrogen-bond acceptors (Lipinski definition) is 13. The molecule has 0 aromatic rings. The first-order chi connectivity index (χ1) is 21.8. The van der Waals surface area contributed by atoms with Crippen LogP contribution in [0.4, 0.5) is 57.5 Å². The van der Waals surface area contributed by atoms with E-state index in [1.807, 2.05) is 0 Å². The molecule has 0 spiro atoms. The lowest BCUT2D eigenvalue weighted by molar-refractivity contribution is 0.0962. The van der Waals surface area contributed by atoms with Crippen LogP contribution in [-0.4, -0.2) is 198 Å². The second kappa shape index (κ2) is 72.5. The van der Waals surface area contributed by atoms with Crippen molar-refractivity contribution in [1.82, 2.24) is 0 Å². The monoisotopic (exact) mass is 772 g/mol. The van der Waals surface area contributed by atoms with Crippen molar-refractivity contribution in [2.45, 2.75) is 6.92 Å². The minimum absolute atomic E-state index is 0.231. The summed E-state index contributed by atoms with van der Waals surface area (Å²) in [6.45, 7) is 1.85. The van der Waals surface area contributed by atoms with E-state index in [4.69, 9.17) is 170 Å². The van der Waals surface area contributed by atoms with Crippen LogP contribution in [0.1, 0.15) is 6.92 Å². The fraction of sp³-hybridized carbons (Fsp3) is 0.143. The zero-order valence-electron chi connectivity index (χ0n) is 23.3. The van der Waals surface area contributed by atoms with Gasteiger partial charge in [-0.2, -0.15) is 0 Å². The van der Waals surface area contributed by atoms with Crippen molar-refractivity contribution in [1.29, 1.82) is 0 Å². The van der Waals surface area contributed by atoms with E-state index in [1.165, 1.54) is 0 Å². The molecule has 0 aliphatic carbocycles. The van der Waals surface area contributed by atoms with Gasteiger partial charge in [0.25, 0.3) is 0 Å². The second-order valence-corrected chi connectivity index (χ2v) is 3.81. The highest BCUT2D eigenvalue weighted by Crippen LogP contribution is 1.69. The van der Waals surface area contributed by atoms with Crippen LogP contribution in [0.2, 0.25) is 0 Å². The van der Waals surface area contributed by atoms with Crippen LogP contribution in [0, 0.1) is 0 Å². The molecule has 0 amide bonds. The zero-order valence-corrected chi connectivity index (χ0v) is 23.3. The van der Waals surface area contributed by atoms with Gasteiger partial charge in [0.15, 0.2) is 0 Å². The summed E-state index contributed by atoms with van der Waals surface area (Å²) >= 11 is 0. The lowest BCUT2D eigenvalue weighted by Gasteiger charge is -1.87. The molecule has 0 unspecified atom stereocenters. The van der Waals surface area contributed by atoms with E-state index in [0.29, 0.717) is 0 Å². The first-order valence-electron chi connectivity index (χ1n) is 8.79. The van der Waals surface area contributed by atoms with Crippen LogP contribution in [0.15, 0.2) is 0 Å². The Morgan fingerprint density at radius 3 is 0.320 bits per heavy atom. The molecule has 36 nitrogen and oxygen atoms in total. The van der Waals surface area contributed by atoms with Gasteiger partial charge < -0.3 is 122 Å². The van der Waals surface area contributed by atoms with Crippen LogP contribution in [0.25, 0.3) is 0 Å². The Labute approximate surface area is 268 Å². The number of hydrogen-bond donors (Lipinski definition) is 23. The Bertz CT molecular complexity index is 641. The predicted molar refractivity (Wildman–Crippen MR) is 137 cm³/mol. The molecule has 0 aromatic heterocycles. The highest BCUT2D eigenvalue weighted by Gasteiger charge is 1.86. The summed E-state index contributed by atoms with van der Waals surface area (Å²) in [7, 11) is 0. The van der Waals surface area contributed by atoms with Crippen molar-refractivity contribution < 1.29 is 180 Å². The van der Waals surface area contributed by atoms with Gasteiger partial charge in [-0.15, -0.1) is 0 Å². The molecule has 0 bridgehead atoms. The third-order valence-electron chi connectivity index (χ3n) is 0.268. The van der Waals surface area contributed by atoms with Crippen LogP contribution in [0.5, 0.6) is 0 Å². The molecule has 36 heteroatoms. The summed E-state index contributed by atoms with van der Waals surface area (Å²) in [6.07, 6.45) is -21.4. The van der Waals surface area contributed by atoms with Crippen molar-refractivity contribution in [2.75, 3.05) is 6.61 Å². The molecule has 0 aliphatic rings. The summed E-state index contributed by atoms with van der Waals surface area (Å²) in [5, 5.41) is 161. The number of carbonyl (C=O) groups is 12. The van der Waals surface area contributed by atoms with Gasteiger partial charge in [-0.1, -0.05) is 0 Å². The fourth-order valence-corrected chi connectivity index (χ4v) is 0.123. The zero-order chi connectivity index (χ0) is 44.3. The normalized spacial score (nSPS) is 6.18. The number of rotatable bonds is 1. The predicted octanol–water partition coefficient (Wildman–Crippen LogP) is 3.15. The molecule has 0 atom stereocenters. The minimum atomic E-state index is -1.83. The molecule has 23 N–H and O–H groups in total. The smallest absolute Gasteiger partial charge is 0.450 e. The molecule has 0 fully saturated rings. The highest BCUT2D eigenvalue weighted by atomic mass is 16.7. The van der Waals surface area contributed by atoms with Crippen LogP contribution >= 0.6 is 0 Å². The van der Waals surface area contributed by atoms with Gasteiger partial charge in [-0.05, 0) is 6.92 Å². The molecule has 0 saturated heterocycles. The van der Waals surface area contributed by atoms with Crippen molar-refractivity contribution in [3.05, 3.63) is 0 Å². The third kappa shape index (κ3) is 1730. The summed E-state index contributed by atoms with van der Waals surface area (Å²) in [6, 6.07) is 0. The molecular formula is C14H28O36. The molecule has 50 heavy (non-hydrogen) atoms. The average Bonchev–Trinajstić information content (AvgIpc) is 2.69. The van der Waals surface area contributed by atoms with Crippen molar-refractivity contribution >= 4 is 73.9 Å². The Kier molecular flexibility index (Phi) is 113. The van der Waals surface area contributed by atoms with Gasteiger partial charge in [0.2, 0.25) is 0 Å². The van der Waals surface area contributed by atoms with Gasteiger partial charge in [0.05, 0.1) is 6.61 Å². The Morgan fingerprint density at radius 1 is 0.260 bits per heavy atom. The van der Waals surface area contributed by atoms with Crippen LogP contribution in [0.3, 0.4) is 0 Å². The Morgan fingerprint density at radius 2 is 0.320 bits per heavy atom. The summed E-state index contributed by atoms with van der Waals surface area (Å²) < 4.78 is 3.96. The lowest BCUT2D eigenvalue weighted by Crippen LogP contribution is -1.97. The molecule has 0 rings (SSSR count). The Hall–Kier alpha value is -8.76. The van der Waals surface area contributed by atoms with E-state index in [2.05, 4.69) is 4.74 Å². The lowest BCUT2D eigenvalue weighted by atomic mass is 10.9. The molecule has 300 valence electrons. The fourth-order valence-electron chi connectivity index (χ4n) is 0.123. The van der Waals surface area contributed by atoms with Crippen LogP contribution in [-0.2, 0) is 4.74 Å². The first-order valence-corrected chi connectivity index (χ1v) is 8.79. The molecule has 0 aliphatic heterocycles. The maximum atomic E-state index is 9.38. The SMILES string of the molecule is CCOC(=O)O.O=C(O)O.O=C(O)O.O=C(O)O.O=C(O)O.O=C(O)O.O=C(O)O.O=C(O)O.O=C(O)O.O=C(O)O.O=C(O)O.O=C(O)O. The average molecular weight is 772 g/mol. The quantitative estimate of drug-likeness (QED) is 0.170. The highest BCUT2D eigenvalue weighted by molar-refractivity contribution is 5.57. The number of carboxylic acid groups (broad SMARTS) is 23. The topological polar surface area (TPSA) is 679 Å². The molecular weight excluding hydrogens is 744 g/mol. The Balaban J connectivity index is -0.0000000316. The van der Waals surface area contributed by atoms with Gasteiger partial charge >= 0.3 is 73.9 Å². The maximum Gasteiger partial charge on any atom is 0.505 e. The van der Waals surface area contributed by atoms with E-state index in [1.54, 1.807) is 6.92 Å². The summed E-state index contributed by atoms with van der Waals surface area (Å²) in [5.74, 6) is 0. The van der Waals surface area contributed by atoms with Gasteiger partial charge in [-0.3, -0.25) is 0 Å². The van der Waals surface area contributed by atoms with E-state index in [9.17, 15) is 4.79 Å². The second-order valence-electron chi connectivity index (χ2n) is 3.81. The van der Waals surface area contributed by atoms with E-state index in [-0.39, 0.29) is 6.61 Å². The van der Waals surface area contributed by atoms with E-state index >= 15 is 0 Å². The third-order valence-corrected chi connectivity index (χ3v) is 0.268. The van der Waals surface area contributed by atoms with Gasteiger partial charge in [0, 0.05) is 0 Å². The van der Waals surface area contributed by atoms with E-state index in [0.717, 1.165) is 0 Å². The van der Waals surface area contributed by atoms with E-state index < -0.39 is 73.9 Å². The van der Waals surface area contributed by atoms with Gasteiger partial charge in [0.1, 0.15) is 0 Å². The number of ether oxygens (including phenoxy) is 1. The maximum absolute atomic E-state index is 9.38. The van der Waals surface area contributed by atoms with Gasteiger partial charge in [-0.25, -0.2) is 57.5 Å². The van der Waals surface area contributed by atoms with Crippen molar-refractivity contribution in [2.24, 2.45) is 0 Å². The van der Waals surface area contributed by atoms with Crippen molar-refractivity contribution in [3.8, 4) is 0 Å². The molecule has 0 heterocycles. The summed E-state index contributed by atoms with van der Waals surface area (Å²) in [5.41, 5.74) is 0. The standard InChI is InChI=1S/C3H6O3.11CH2O3/c1-2-6-3(4)5;11*2-1(3)4/h2H2,1H3,(H,4,5);11*(H2,2,3,4).